The summed E-state index contributed by atoms with van der Waals surface area (Å²) in [6.07, 6.45) is 14.2. The third kappa shape index (κ3) is 4.94. The number of rotatable bonds is 4. The van der Waals surface area contributed by atoms with Gasteiger partial charge in [0.15, 0.2) is 0 Å². The van der Waals surface area contributed by atoms with Crippen LogP contribution in [0.4, 0.5) is 0 Å². The number of hydrogen-bond donors (Lipinski definition) is 2. The van der Waals surface area contributed by atoms with Gasteiger partial charge in [0.2, 0.25) is 0 Å². The summed E-state index contributed by atoms with van der Waals surface area (Å²) in [6.45, 7) is 0. The van der Waals surface area contributed by atoms with Gasteiger partial charge >= 0.3 is 0 Å². The molecule has 0 aromatic heterocycles. The highest BCUT2D eigenvalue weighted by molar-refractivity contribution is 7.80. The number of nitrogens with one attached hydrogen (secondary N) is 2. The molecule has 2 aromatic carbocycles. The Labute approximate surface area is 233 Å². The fraction of sp³-hybridized carbons (Fsp3) is 0.588. The molecule has 10 rings (SSSR count). The van der Waals surface area contributed by atoms with Crippen LogP contribution in [0.1, 0.15) is 80.1 Å². The van der Waals surface area contributed by atoms with Crippen LogP contribution in [0.15, 0.2) is 60.7 Å². The molecular weight excluding hydrogens is 484 g/mol. The van der Waals surface area contributed by atoms with Gasteiger partial charge in [-0.1, -0.05) is 60.7 Å². The van der Waals surface area contributed by atoms with Crippen molar-refractivity contribution in [1.82, 2.24) is 10.6 Å². The van der Waals surface area contributed by atoms with E-state index in [2.05, 4.69) is 41.0 Å². The van der Waals surface area contributed by atoms with Crippen LogP contribution in [-0.4, -0.2) is 23.0 Å². The monoisotopic (exact) mass is 526 g/mol. The molecule has 2 aromatic rings. The number of thiocarbonyl (C=S) groups is 1. The highest BCUT2D eigenvalue weighted by atomic mass is 32.1. The van der Waals surface area contributed by atoms with Crippen molar-refractivity contribution in [2.45, 2.75) is 76.3 Å². The fourth-order valence-corrected chi connectivity index (χ4v) is 10.2. The maximum absolute atomic E-state index is 12.3. The van der Waals surface area contributed by atoms with Gasteiger partial charge in [0.05, 0.1) is 0 Å². The molecule has 0 radical (unpaired) electrons. The lowest BCUT2D eigenvalue weighted by Gasteiger charge is -2.54. The van der Waals surface area contributed by atoms with E-state index in [0.29, 0.717) is 12.1 Å². The van der Waals surface area contributed by atoms with E-state index in [0.717, 1.165) is 57.9 Å². The molecule has 8 bridgehead atoms. The van der Waals surface area contributed by atoms with Gasteiger partial charge in [0.25, 0.3) is 5.91 Å². The molecular formula is C34H42N2OS. The second kappa shape index (κ2) is 10.4. The van der Waals surface area contributed by atoms with E-state index in [1.54, 1.807) is 0 Å². The lowest BCUT2D eigenvalue weighted by Crippen LogP contribution is -2.55. The zero-order chi connectivity index (χ0) is 25.6. The molecule has 0 spiro atoms. The molecule has 8 aliphatic carbocycles. The van der Waals surface area contributed by atoms with Crippen molar-refractivity contribution >= 4 is 23.1 Å². The minimum Gasteiger partial charge on any atom is -0.373 e. The number of hydrogen-bond acceptors (Lipinski definition) is 2. The first-order valence-electron chi connectivity index (χ1n) is 15.3. The van der Waals surface area contributed by atoms with Gasteiger partial charge in [-0.3, -0.25) is 4.79 Å². The quantitative estimate of drug-likeness (QED) is 0.421. The average Bonchev–Trinajstić information content (AvgIpc) is 2.93. The molecule has 38 heavy (non-hydrogen) atoms. The predicted molar refractivity (Wildman–Crippen MR) is 157 cm³/mol. The van der Waals surface area contributed by atoms with Gasteiger partial charge in [0, 0.05) is 23.2 Å². The molecule has 0 saturated heterocycles. The largest absolute Gasteiger partial charge is 0.373 e. The van der Waals surface area contributed by atoms with Crippen LogP contribution in [0.2, 0.25) is 0 Å². The van der Waals surface area contributed by atoms with Gasteiger partial charge in [-0.05, 0) is 124 Å². The van der Waals surface area contributed by atoms with Crippen molar-refractivity contribution in [3.05, 3.63) is 71.8 Å². The van der Waals surface area contributed by atoms with Crippen LogP contribution in [0.5, 0.6) is 0 Å². The Balaban J connectivity index is 0.000000127. The van der Waals surface area contributed by atoms with Crippen LogP contribution in [0, 0.1) is 47.3 Å². The Kier molecular flexibility index (Phi) is 6.80. The summed E-state index contributed by atoms with van der Waals surface area (Å²) in [4.78, 5) is 13.3. The molecule has 4 heteroatoms. The summed E-state index contributed by atoms with van der Waals surface area (Å²) in [6, 6.07) is 21.2. The number of carbonyl (C=O) groups excluding carboxylic acids is 1. The van der Waals surface area contributed by atoms with E-state index in [4.69, 9.17) is 12.2 Å². The minimum absolute atomic E-state index is 0.123. The Morgan fingerprint density at radius 3 is 1.32 bits per heavy atom. The highest BCUT2D eigenvalue weighted by Gasteiger charge is 2.49. The fourth-order valence-electron chi connectivity index (χ4n) is 9.97. The molecule has 0 atom stereocenters. The van der Waals surface area contributed by atoms with Crippen molar-refractivity contribution in [2.24, 2.45) is 47.3 Å². The summed E-state index contributed by atoms with van der Waals surface area (Å²) in [7, 11) is 0. The van der Waals surface area contributed by atoms with Crippen LogP contribution >= 0.6 is 12.2 Å². The van der Waals surface area contributed by atoms with Crippen LogP contribution in [0.25, 0.3) is 0 Å². The number of carbonyl (C=O) groups is 1. The van der Waals surface area contributed by atoms with Crippen molar-refractivity contribution < 1.29 is 4.79 Å². The maximum Gasteiger partial charge on any atom is 0.251 e. The van der Waals surface area contributed by atoms with Crippen molar-refractivity contribution in [3.8, 4) is 0 Å². The van der Waals surface area contributed by atoms with Crippen molar-refractivity contribution in [3.63, 3.8) is 0 Å². The topological polar surface area (TPSA) is 41.1 Å². The average molecular weight is 527 g/mol. The summed E-state index contributed by atoms with van der Waals surface area (Å²) in [5.74, 6) is 7.40. The lowest BCUT2D eigenvalue weighted by atomic mass is 9.54. The maximum atomic E-state index is 12.3. The second-order valence-electron chi connectivity index (χ2n) is 13.6. The third-order valence-corrected chi connectivity index (χ3v) is 11.5. The summed E-state index contributed by atoms with van der Waals surface area (Å²) in [5, 5.41) is 7.05. The molecule has 0 unspecified atom stereocenters. The van der Waals surface area contributed by atoms with Crippen LogP contribution in [-0.2, 0) is 0 Å². The molecule has 2 N–H and O–H groups in total. The van der Waals surface area contributed by atoms with E-state index >= 15 is 0 Å². The van der Waals surface area contributed by atoms with Gasteiger partial charge in [-0.2, -0.15) is 0 Å². The second-order valence-corrected chi connectivity index (χ2v) is 14.0. The Bertz CT molecular complexity index is 1000. The summed E-state index contributed by atoms with van der Waals surface area (Å²) in [5.41, 5.74) is 1.97. The molecule has 3 nitrogen and oxygen atoms in total. The summed E-state index contributed by atoms with van der Waals surface area (Å²) < 4.78 is 0. The summed E-state index contributed by atoms with van der Waals surface area (Å²) >= 11 is 5.61. The van der Waals surface area contributed by atoms with E-state index in [1.165, 1.54) is 69.8 Å². The third-order valence-electron chi connectivity index (χ3n) is 11.1. The van der Waals surface area contributed by atoms with Crippen molar-refractivity contribution in [1.29, 1.82) is 0 Å². The predicted octanol–water partition coefficient (Wildman–Crippen LogP) is 7.02. The first-order chi connectivity index (χ1) is 18.6. The molecule has 8 fully saturated rings. The molecule has 1 amide bonds. The zero-order valence-corrected chi connectivity index (χ0v) is 23.3. The zero-order valence-electron chi connectivity index (χ0n) is 22.4. The van der Waals surface area contributed by atoms with Gasteiger partial charge < -0.3 is 10.6 Å². The SMILES string of the molecule is O=C(NC1C2CC3CC(C2)CC1C3)c1ccccc1.S=C(NC1C2CC3CC(C2)CC1C3)c1ccccc1. The lowest BCUT2D eigenvalue weighted by molar-refractivity contribution is -0.0119. The van der Waals surface area contributed by atoms with Crippen molar-refractivity contribution in [2.75, 3.05) is 0 Å². The van der Waals surface area contributed by atoms with Gasteiger partial charge in [-0.15, -0.1) is 0 Å². The number of benzene rings is 2. The Morgan fingerprint density at radius 1 is 0.526 bits per heavy atom. The smallest absolute Gasteiger partial charge is 0.251 e. The molecule has 200 valence electrons. The Morgan fingerprint density at radius 2 is 0.895 bits per heavy atom. The normalized spacial score (nSPS) is 39.3. The molecule has 0 heterocycles. The first kappa shape index (κ1) is 24.8. The van der Waals surface area contributed by atoms with Gasteiger partial charge in [-0.25, -0.2) is 0 Å². The standard InChI is InChI=1S/C17H21NO.C17H21NS/c2*19-17(13-4-2-1-3-5-13)18-16-14-7-11-6-12(9-14)10-15(16)8-11/h2*1-5,11-12,14-16H,6-10H2,(H,18,19). The van der Waals surface area contributed by atoms with E-state index in [-0.39, 0.29) is 5.91 Å². The first-order valence-corrected chi connectivity index (χ1v) is 15.7. The van der Waals surface area contributed by atoms with E-state index < -0.39 is 0 Å². The minimum atomic E-state index is 0.123. The van der Waals surface area contributed by atoms with E-state index in [9.17, 15) is 4.79 Å². The van der Waals surface area contributed by atoms with Gasteiger partial charge in [0.1, 0.15) is 4.99 Å². The van der Waals surface area contributed by atoms with Crippen LogP contribution < -0.4 is 10.6 Å². The van der Waals surface area contributed by atoms with E-state index in [1.807, 2.05) is 30.3 Å². The highest BCUT2D eigenvalue weighted by Crippen LogP contribution is 2.54. The Hall–Kier alpha value is -2.20. The molecule has 0 aliphatic heterocycles. The van der Waals surface area contributed by atoms with Crippen LogP contribution in [0.3, 0.4) is 0 Å². The number of amides is 1. The molecule has 8 saturated carbocycles. The molecule has 8 aliphatic rings.